The van der Waals surface area contributed by atoms with Gasteiger partial charge < -0.3 is 10.2 Å². The molecule has 0 aromatic rings. The Hall–Kier alpha value is -0.610. The molecule has 0 saturated carbocycles. The molecule has 0 aromatic heterocycles. The van der Waals surface area contributed by atoms with Gasteiger partial charge in [0.1, 0.15) is 0 Å². The first-order chi connectivity index (χ1) is 4.43. The van der Waals surface area contributed by atoms with Gasteiger partial charge in [0.05, 0.1) is 0 Å². The smallest absolute Gasteiger partial charge is 0.359 e. The van der Waals surface area contributed by atoms with Crippen LogP contribution < -0.4 is 5.32 Å². The largest absolute Gasteiger partial charge is 0.438 e. The predicted molar refractivity (Wildman–Crippen MR) is 31.2 cm³/mol. The highest BCUT2D eigenvalue weighted by atomic mass is 16.7. The second kappa shape index (κ2) is 3.42. The van der Waals surface area contributed by atoms with Crippen molar-refractivity contribution in [2.75, 3.05) is 26.2 Å². The van der Waals surface area contributed by atoms with E-state index in [1.165, 1.54) is 6.47 Å². The van der Waals surface area contributed by atoms with E-state index in [1.807, 2.05) is 0 Å². The molecule has 1 aliphatic heterocycles. The SMILES string of the molecule is O=[C]ON1CCNCC1. The summed E-state index contributed by atoms with van der Waals surface area (Å²) in [4.78, 5) is 14.1. The Balaban J connectivity index is 2.15. The van der Waals surface area contributed by atoms with Crippen molar-refractivity contribution in [3.05, 3.63) is 0 Å². The van der Waals surface area contributed by atoms with Gasteiger partial charge in [0.15, 0.2) is 0 Å². The average molecular weight is 129 g/mol. The third-order valence-electron chi connectivity index (χ3n) is 1.24. The van der Waals surface area contributed by atoms with Crippen LogP contribution >= 0.6 is 0 Å². The quantitative estimate of drug-likeness (QED) is 0.513. The van der Waals surface area contributed by atoms with Gasteiger partial charge in [-0.2, -0.15) is 0 Å². The molecule has 1 N–H and O–H groups in total. The Morgan fingerprint density at radius 2 is 2.11 bits per heavy atom. The zero-order chi connectivity index (χ0) is 6.53. The van der Waals surface area contributed by atoms with Crippen molar-refractivity contribution >= 4 is 6.47 Å². The van der Waals surface area contributed by atoms with Gasteiger partial charge in [-0.05, 0) is 0 Å². The molecule has 51 valence electrons. The molecular formula is C5H9N2O2. The monoisotopic (exact) mass is 129 g/mol. The lowest BCUT2D eigenvalue weighted by atomic mass is 10.4. The second-order valence-corrected chi connectivity index (χ2v) is 1.85. The van der Waals surface area contributed by atoms with Crippen molar-refractivity contribution < 1.29 is 9.63 Å². The summed E-state index contributed by atoms with van der Waals surface area (Å²) in [5, 5.41) is 4.71. The lowest BCUT2D eigenvalue weighted by Gasteiger charge is -2.22. The number of nitrogens with one attached hydrogen (secondary N) is 1. The molecule has 0 aliphatic carbocycles. The van der Waals surface area contributed by atoms with Gasteiger partial charge in [0.2, 0.25) is 0 Å². The Morgan fingerprint density at radius 3 is 2.67 bits per heavy atom. The third kappa shape index (κ3) is 1.99. The van der Waals surface area contributed by atoms with Crippen LogP contribution in [0.3, 0.4) is 0 Å². The molecule has 0 spiro atoms. The number of hydroxylamine groups is 2. The fourth-order valence-corrected chi connectivity index (χ4v) is 0.788. The Morgan fingerprint density at radius 1 is 1.44 bits per heavy atom. The molecule has 1 aliphatic rings. The van der Waals surface area contributed by atoms with Gasteiger partial charge in [-0.15, -0.1) is 5.06 Å². The number of nitrogens with zero attached hydrogens (tertiary/aromatic N) is 1. The van der Waals surface area contributed by atoms with E-state index in [4.69, 9.17) is 0 Å². The molecule has 1 heterocycles. The third-order valence-corrected chi connectivity index (χ3v) is 1.24. The van der Waals surface area contributed by atoms with Gasteiger partial charge in [-0.25, -0.2) is 4.79 Å². The van der Waals surface area contributed by atoms with Crippen LogP contribution in [0.5, 0.6) is 0 Å². The Labute approximate surface area is 53.7 Å². The van der Waals surface area contributed by atoms with E-state index in [1.54, 1.807) is 5.06 Å². The highest BCUT2D eigenvalue weighted by Crippen LogP contribution is 1.89. The second-order valence-electron chi connectivity index (χ2n) is 1.85. The molecule has 0 aromatic carbocycles. The van der Waals surface area contributed by atoms with Gasteiger partial charge in [-0.3, -0.25) is 0 Å². The van der Waals surface area contributed by atoms with Gasteiger partial charge in [0, 0.05) is 26.2 Å². The maximum atomic E-state index is 9.66. The normalized spacial score (nSPS) is 21.3. The highest BCUT2D eigenvalue weighted by Gasteiger charge is 2.08. The Bertz CT molecular complexity index is 91.0. The first-order valence-electron chi connectivity index (χ1n) is 2.93. The highest BCUT2D eigenvalue weighted by molar-refractivity contribution is 5.37. The molecule has 0 atom stereocenters. The average Bonchev–Trinajstić information content (AvgIpc) is 1.91. The minimum absolute atomic E-state index is 0.759. The summed E-state index contributed by atoms with van der Waals surface area (Å²) in [5.74, 6) is 0. The van der Waals surface area contributed by atoms with Crippen LogP contribution in [-0.2, 0) is 9.63 Å². The van der Waals surface area contributed by atoms with E-state index in [0.717, 1.165) is 26.2 Å². The van der Waals surface area contributed by atoms with E-state index < -0.39 is 0 Å². The number of carbonyl (C=O) groups excluding carboxylic acids is 1. The van der Waals surface area contributed by atoms with Crippen LogP contribution in [0.2, 0.25) is 0 Å². The summed E-state index contributed by atoms with van der Waals surface area (Å²) in [6, 6.07) is 0. The van der Waals surface area contributed by atoms with Crippen LogP contribution in [-0.4, -0.2) is 37.7 Å². The summed E-state index contributed by atoms with van der Waals surface area (Å²) in [6.07, 6.45) is 0. The fraction of sp³-hybridized carbons (Fsp3) is 0.800. The van der Waals surface area contributed by atoms with E-state index in [0.29, 0.717) is 0 Å². The summed E-state index contributed by atoms with van der Waals surface area (Å²) in [7, 11) is 0. The van der Waals surface area contributed by atoms with Gasteiger partial charge in [0.25, 0.3) is 0 Å². The van der Waals surface area contributed by atoms with Crippen LogP contribution in [0.4, 0.5) is 0 Å². The number of hydrogen-bond acceptors (Lipinski definition) is 4. The Kier molecular flexibility index (Phi) is 2.48. The van der Waals surface area contributed by atoms with E-state index in [2.05, 4.69) is 10.2 Å². The molecule has 1 saturated heterocycles. The van der Waals surface area contributed by atoms with Crippen LogP contribution in [0.25, 0.3) is 0 Å². The van der Waals surface area contributed by atoms with Crippen molar-refractivity contribution in [2.45, 2.75) is 0 Å². The lowest BCUT2D eigenvalue weighted by Crippen LogP contribution is -2.43. The fourth-order valence-electron chi connectivity index (χ4n) is 0.788. The molecule has 9 heavy (non-hydrogen) atoms. The summed E-state index contributed by atoms with van der Waals surface area (Å²) >= 11 is 0. The molecule has 0 unspecified atom stereocenters. The van der Waals surface area contributed by atoms with Crippen molar-refractivity contribution in [3.63, 3.8) is 0 Å². The summed E-state index contributed by atoms with van der Waals surface area (Å²) in [5.41, 5.74) is 0. The number of hydrogen-bond donors (Lipinski definition) is 1. The van der Waals surface area contributed by atoms with Crippen LogP contribution in [0.15, 0.2) is 0 Å². The number of piperazine rings is 1. The van der Waals surface area contributed by atoms with Crippen molar-refractivity contribution in [3.8, 4) is 0 Å². The van der Waals surface area contributed by atoms with Crippen molar-refractivity contribution in [1.82, 2.24) is 10.4 Å². The molecular weight excluding hydrogens is 120 g/mol. The first-order valence-corrected chi connectivity index (χ1v) is 2.93. The molecule has 1 fully saturated rings. The lowest BCUT2D eigenvalue weighted by molar-refractivity contribution is -0.0819. The number of rotatable bonds is 2. The zero-order valence-electron chi connectivity index (χ0n) is 5.09. The molecule has 0 bridgehead atoms. The first kappa shape index (κ1) is 6.51. The van der Waals surface area contributed by atoms with E-state index >= 15 is 0 Å². The minimum atomic E-state index is 0.759. The van der Waals surface area contributed by atoms with E-state index in [-0.39, 0.29) is 0 Å². The summed E-state index contributed by atoms with van der Waals surface area (Å²) < 4.78 is 0. The van der Waals surface area contributed by atoms with Crippen molar-refractivity contribution in [1.29, 1.82) is 0 Å². The van der Waals surface area contributed by atoms with E-state index in [9.17, 15) is 4.79 Å². The van der Waals surface area contributed by atoms with Crippen LogP contribution in [0.1, 0.15) is 0 Å². The summed E-state index contributed by atoms with van der Waals surface area (Å²) in [6.45, 7) is 4.66. The molecule has 1 rings (SSSR count). The standard InChI is InChI=1S/C5H9N2O2/c8-5-9-7-3-1-6-2-4-7/h6H,1-4H2. The molecule has 0 amide bonds. The van der Waals surface area contributed by atoms with Gasteiger partial charge in [-0.1, -0.05) is 0 Å². The maximum absolute atomic E-state index is 9.66. The minimum Gasteiger partial charge on any atom is -0.359 e. The maximum Gasteiger partial charge on any atom is 0.438 e. The predicted octanol–water partition coefficient (Wildman–Crippen LogP) is -1.11. The van der Waals surface area contributed by atoms with Crippen LogP contribution in [0, 0.1) is 0 Å². The molecule has 4 nitrogen and oxygen atoms in total. The molecule has 4 heteroatoms. The van der Waals surface area contributed by atoms with Crippen molar-refractivity contribution in [2.24, 2.45) is 0 Å². The zero-order valence-corrected chi connectivity index (χ0v) is 5.09. The topological polar surface area (TPSA) is 41.6 Å². The van der Waals surface area contributed by atoms with Gasteiger partial charge >= 0.3 is 6.47 Å². The molecule has 1 radical (unpaired) electrons.